The molecule has 0 spiro atoms. The minimum atomic E-state index is -0.312. The SMILES string of the molecule is COCCOCC(=O)Nc1cncc(Cl)n1. The lowest BCUT2D eigenvalue weighted by molar-refractivity contribution is -0.121. The van der Waals surface area contributed by atoms with Crippen LogP contribution in [0.3, 0.4) is 0 Å². The number of rotatable bonds is 6. The van der Waals surface area contributed by atoms with Crippen molar-refractivity contribution < 1.29 is 14.3 Å². The van der Waals surface area contributed by atoms with Gasteiger partial charge in [0.15, 0.2) is 5.82 Å². The quantitative estimate of drug-likeness (QED) is 0.748. The van der Waals surface area contributed by atoms with E-state index in [1.165, 1.54) is 12.4 Å². The summed E-state index contributed by atoms with van der Waals surface area (Å²) >= 11 is 5.60. The summed E-state index contributed by atoms with van der Waals surface area (Å²) in [5.41, 5.74) is 0. The molecule has 1 heterocycles. The van der Waals surface area contributed by atoms with Crippen LogP contribution in [0, 0.1) is 0 Å². The number of anilines is 1. The molecular weight excluding hydrogens is 234 g/mol. The summed E-state index contributed by atoms with van der Waals surface area (Å²) in [5, 5.41) is 2.72. The zero-order valence-corrected chi connectivity index (χ0v) is 9.53. The van der Waals surface area contributed by atoms with Crippen molar-refractivity contribution in [3.8, 4) is 0 Å². The van der Waals surface area contributed by atoms with Gasteiger partial charge in [0, 0.05) is 7.11 Å². The van der Waals surface area contributed by atoms with Gasteiger partial charge in [-0.25, -0.2) is 4.98 Å². The Hall–Kier alpha value is -1.24. The molecule has 0 fully saturated rings. The fourth-order valence-electron chi connectivity index (χ4n) is 0.888. The van der Waals surface area contributed by atoms with E-state index in [9.17, 15) is 4.79 Å². The van der Waals surface area contributed by atoms with Crippen LogP contribution in [-0.2, 0) is 14.3 Å². The van der Waals surface area contributed by atoms with Crippen molar-refractivity contribution >= 4 is 23.3 Å². The molecule has 1 aromatic rings. The second kappa shape index (κ2) is 7.10. The summed E-state index contributed by atoms with van der Waals surface area (Å²) in [7, 11) is 1.56. The third-order valence-corrected chi connectivity index (χ3v) is 1.72. The number of amides is 1. The van der Waals surface area contributed by atoms with Gasteiger partial charge >= 0.3 is 0 Å². The van der Waals surface area contributed by atoms with Crippen molar-refractivity contribution in [1.29, 1.82) is 0 Å². The summed E-state index contributed by atoms with van der Waals surface area (Å²) in [4.78, 5) is 18.9. The number of halogens is 1. The normalized spacial score (nSPS) is 10.1. The largest absolute Gasteiger partial charge is 0.382 e. The Morgan fingerprint density at radius 2 is 2.31 bits per heavy atom. The highest BCUT2D eigenvalue weighted by molar-refractivity contribution is 6.29. The van der Waals surface area contributed by atoms with E-state index in [0.29, 0.717) is 19.0 Å². The fraction of sp³-hybridized carbons (Fsp3) is 0.444. The van der Waals surface area contributed by atoms with Gasteiger partial charge in [0.05, 0.1) is 25.6 Å². The molecule has 16 heavy (non-hydrogen) atoms. The number of hydrogen-bond donors (Lipinski definition) is 1. The average Bonchev–Trinajstić information content (AvgIpc) is 2.24. The standard InChI is InChI=1S/C9H12ClN3O3/c1-15-2-3-16-6-9(14)13-8-5-11-4-7(10)12-8/h4-5H,2-3,6H2,1H3,(H,12,13,14). The molecule has 88 valence electrons. The Morgan fingerprint density at radius 1 is 1.50 bits per heavy atom. The van der Waals surface area contributed by atoms with E-state index in [1.807, 2.05) is 0 Å². The summed E-state index contributed by atoms with van der Waals surface area (Å²) in [5.74, 6) is -0.0134. The molecule has 1 aromatic heterocycles. The topological polar surface area (TPSA) is 73.3 Å². The van der Waals surface area contributed by atoms with Crippen LogP contribution < -0.4 is 5.32 Å². The van der Waals surface area contributed by atoms with Crippen LogP contribution >= 0.6 is 11.6 Å². The van der Waals surface area contributed by atoms with Crippen molar-refractivity contribution in [3.63, 3.8) is 0 Å². The van der Waals surface area contributed by atoms with Crippen LogP contribution in [0.1, 0.15) is 0 Å². The molecule has 0 atom stereocenters. The van der Waals surface area contributed by atoms with E-state index in [-0.39, 0.29) is 17.7 Å². The maximum atomic E-state index is 11.3. The number of nitrogens with one attached hydrogen (secondary N) is 1. The third kappa shape index (κ3) is 5.01. The highest BCUT2D eigenvalue weighted by Crippen LogP contribution is 2.06. The molecule has 6 nitrogen and oxygen atoms in total. The molecule has 0 saturated heterocycles. The Bertz CT molecular complexity index is 349. The molecule has 1 rings (SSSR count). The highest BCUT2D eigenvalue weighted by atomic mass is 35.5. The highest BCUT2D eigenvalue weighted by Gasteiger charge is 2.03. The van der Waals surface area contributed by atoms with E-state index < -0.39 is 0 Å². The third-order valence-electron chi connectivity index (χ3n) is 1.54. The molecule has 0 aliphatic heterocycles. The van der Waals surface area contributed by atoms with Crippen LogP contribution in [0.25, 0.3) is 0 Å². The predicted molar refractivity (Wildman–Crippen MR) is 58.4 cm³/mol. The second-order valence-corrected chi connectivity index (χ2v) is 3.21. The van der Waals surface area contributed by atoms with Crippen LogP contribution in [0.5, 0.6) is 0 Å². The molecule has 1 N–H and O–H groups in total. The minimum absolute atomic E-state index is 0.0580. The molecule has 0 unspecified atom stereocenters. The number of carbonyl (C=O) groups excluding carboxylic acids is 1. The van der Waals surface area contributed by atoms with Crippen molar-refractivity contribution in [3.05, 3.63) is 17.5 Å². The van der Waals surface area contributed by atoms with Crippen LogP contribution in [0.4, 0.5) is 5.82 Å². The minimum Gasteiger partial charge on any atom is -0.382 e. The molecule has 0 aromatic carbocycles. The van der Waals surface area contributed by atoms with Gasteiger partial charge in [-0.3, -0.25) is 9.78 Å². The molecule has 0 radical (unpaired) electrons. The number of ether oxygens (including phenoxy) is 2. The monoisotopic (exact) mass is 245 g/mol. The maximum Gasteiger partial charge on any atom is 0.251 e. The Kier molecular flexibility index (Phi) is 5.69. The smallest absolute Gasteiger partial charge is 0.251 e. The van der Waals surface area contributed by atoms with Crippen molar-refractivity contribution in [2.24, 2.45) is 0 Å². The summed E-state index contributed by atoms with van der Waals surface area (Å²) < 4.78 is 9.78. The van der Waals surface area contributed by atoms with Crippen molar-refractivity contribution in [2.75, 3.05) is 32.2 Å². The van der Waals surface area contributed by atoms with Crippen LogP contribution in [-0.4, -0.2) is 42.8 Å². The van der Waals surface area contributed by atoms with Gasteiger partial charge in [0.1, 0.15) is 11.8 Å². The van der Waals surface area contributed by atoms with E-state index in [1.54, 1.807) is 7.11 Å². The Labute approximate surface area is 97.9 Å². The van der Waals surface area contributed by atoms with Gasteiger partial charge < -0.3 is 14.8 Å². The van der Waals surface area contributed by atoms with Gasteiger partial charge in [-0.15, -0.1) is 0 Å². The van der Waals surface area contributed by atoms with Gasteiger partial charge in [-0.1, -0.05) is 11.6 Å². The van der Waals surface area contributed by atoms with Crippen molar-refractivity contribution in [2.45, 2.75) is 0 Å². The first kappa shape index (κ1) is 12.8. The molecule has 0 aliphatic carbocycles. The first-order valence-corrected chi connectivity index (χ1v) is 4.94. The number of hydrogen-bond acceptors (Lipinski definition) is 5. The van der Waals surface area contributed by atoms with Crippen LogP contribution in [0.15, 0.2) is 12.4 Å². The van der Waals surface area contributed by atoms with Gasteiger partial charge in [-0.2, -0.15) is 0 Å². The number of nitrogens with zero attached hydrogens (tertiary/aromatic N) is 2. The van der Waals surface area contributed by atoms with Crippen molar-refractivity contribution in [1.82, 2.24) is 9.97 Å². The molecule has 0 saturated carbocycles. The average molecular weight is 246 g/mol. The zero-order valence-electron chi connectivity index (χ0n) is 8.77. The predicted octanol–water partition coefficient (Wildman–Crippen LogP) is 0.731. The summed E-state index contributed by atoms with van der Waals surface area (Å²) in [6.07, 6.45) is 2.78. The molecule has 0 aliphatic rings. The second-order valence-electron chi connectivity index (χ2n) is 2.82. The zero-order chi connectivity index (χ0) is 11.8. The van der Waals surface area contributed by atoms with E-state index in [0.717, 1.165) is 0 Å². The van der Waals surface area contributed by atoms with Crippen LogP contribution in [0.2, 0.25) is 5.15 Å². The molecule has 0 bridgehead atoms. The van der Waals surface area contributed by atoms with E-state index in [4.69, 9.17) is 21.1 Å². The Balaban J connectivity index is 2.29. The van der Waals surface area contributed by atoms with Gasteiger partial charge in [-0.05, 0) is 0 Å². The first-order chi connectivity index (χ1) is 7.72. The number of aromatic nitrogens is 2. The maximum absolute atomic E-state index is 11.3. The van der Waals surface area contributed by atoms with E-state index in [2.05, 4.69) is 15.3 Å². The Morgan fingerprint density at radius 3 is 3.00 bits per heavy atom. The first-order valence-electron chi connectivity index (χ1n) is 4.56. The number of methoxy groups -OCH3 is 1. The summed E-state index contributed by atoms with van der Waals surface area (Å²) in [6.45, 7) is 0.757. The lowest BCUT2D eigenvalue weighted by Gasteiger charge is -2.04. The van der Waals surface area contributed by atoms with Gasteiger partial charge in [0.25, 0.3) is 5.91 Å². The number of carbonyl (C=O) groups is 1. The fourth-order valence-corrected chi connectivity index (χ4v) is 1.04. The lowest BCUT2D eigenvalue weighted by atomic mass is 10.6. The molecule has 1 amide bonds. The lowest BCUT2D eigenvalue weighted by Crippen LogP contribution is -2.20. The molecule has 7 heteroatoms. The van der Waals surface area contributed by atoms with Gasteiger partial charge in [0.2, 0.25) is 0 Å². The molecular formula is C9H12ClN3O3. The van der Waals surface area contributed by atoms with E-state index >= 15 is 0 Å². The summed E-state index contributed by atoms with van der Waals surface area (Å²) in [6, 6.07) is 0.